The molecule has 0 bridgehead atoms. The van der Waals surface area contributed by atoms with Gasteiger partial charge in [-0.15, -0.1) is 0 Å². The largest absolute Gasteiger partial charge is 0.493 e. The van der Waals surface area contributed by atoms with Crippen molar-refractivity contribution < 1.29 is 18.9 Å². The molecule has 1 aromatic heterocycles. The maximum absolute atomic E-state index is 9.92. The van der Waals surface area contributed by atoms with E-state index in [4.69, 9.17) is 30.5 Å². The van der Waals surface area contributed by atoms with Gasteiger partial charge in [0.1, 0.15) is 24.2 Å². The minimum Gasteiger partial charge on any atom is -0.493 e. The first-order chi connectivity index (χ1) is 20.6. The van der Waals surface area contributed by atoms with Crippen molar-refractivity contribution in [1.29, 1.82) is 5.26 Å². The molecule has 1 aliphatic rings. The molecule has 4 aromatic carbocycles. The van der Waals surface area contributed by atoms with Crippen molar-refractivity contribution in [1.82, 2.24) is 9.88 Å². The SMILES string of the molecule is COc1ccc2c(ccc3c(Nc4ccc(Oc5ccccc5)c(Cl)c4)c(C#N)cnc32)c1OCCN1CCOCC1. The average Bonchev–Trinajstić information content (AvgIpc) is 3.03. The van der Waals surface area contributed by atoms with E-state index >= 15 is 0 Å². The van der Waals surface area contributed by atoms with Gasteiger partial charge in [0.2, 0.25) is 0 Å². The monoisotopic (exact) mass is 580 g/mol. The summed E-state index contributed by atoms with van der Waals surface area (Å²) in [6.07, 6.45) is 1.59. The van der Waals surface area contributed by atoms with Gasteiger partial charge in [-0.3, -0.25) is 9.88 Å². The van der Waals surface area contributed by atoms with Crippen LogP contribution in [0.5, 0.6) is 23.0 Å². The van der Waals surface area contributed by atoms with Crippen LogP contribution >= 0.6 is 11.6 Å². The zero-order valence-corrected chi connectivity index (χ0v) is 23.9. The molecule has 0 aliphatic carbocycles. The number of anilines is 2. The molecule has 1 fully saturated rings. The van der Waals surface area contributed by atoms with Gasteiger partial charge >= 0.3 is 0 Å². The molecule has 0 radical (unpaired) electrons. The van der Waals surface area contributed by atoms with Gasteiger partial charge in [0.05, 0.1) is 42.1 Å². The zero-order valence-electron chi connectivity index (χ0n) is 23.1. The summed E-state index contributed by atoms with van der Waals surface area (Å²) in [5.74, 6) is 2.56. The number of para-hydroxylation sites is 1. The molecule has 1 N–H and O–H groups in total. The van der Waals surface area contributed by atoms with Crippen LogP contribution in [0.1, 0.15) is 5.56 Å². The molecule has 0 spiro atoms. The fourth-order valence-corrected chi connectivity index (χ4v) is 5.29. The maximum Gasteiger partial charge on any atom is 0.169 e. The van der Waals surface area contributed by atoms with Gasteiger partial charge in [-0.1, -0.05) is 29.8 Å². The first kappa shape index (κ1) is 27.6. The van der Waals surface area contributed by atoms with Crippen molar-refractivity contribution in [2.24, 2.45) is 0 Å². The second-order valence-corrected chi connectivity index (χ2v) is 10.2. The second kappa shape index (κ2) is 12.5. The summed E-state index contributed by atoms with van der Waals surface area (Å²) >= 11 is 6.58. The molecule has 6 rings (SSSR count). The van der Waals surface area contributed by atoms with Crippen molar-refractivity contribution in [2.45, 2.75) is 0 Å². The number of aromatic nitrogens is 1. The Bertz CT molecular complexity index is 1770. The van der Waals surface area contributed by atoms with Crippen LogP contribution in [-0.4, -0.2) is 56.4 Å². The lowest BCUT2D eigenvalue weighted by Crippen LogP contribution is -2.38. The second-order valence-electron chi connectivity index (χ2n) is 9.80. The number of ether oxygens (including phenoxy) is 4. The molecule has 8 nitrogen and oxygen atoms in total. The van der Waals surface area contributed by atoms with Crippen molar-refractivity contribution in [3.8, 4) is 29.1 Å². The summed E-state index contributed by atoms with van der Waals surface area (Å²) in [6.45, 7) is 4.60. The molecule has 2 heterocycles. The minimum atomic E-state index is 0.415. The molecule has 9 heteroatoms. The summed E-state index contributed by atoms with van der Waals surface area (Å²) in [6, 6.07) is 25.0. The molecule has 5 aromatic rings. The number of benzene rings is 4. The zero-order chi connectivity index (χ0) is 28.9. The Morgan fingerprint density at radius 3 is 2.50 bits per heavy atom. The number of rotatable bonds is 9. The van der Waals surface area contributed by atoms with Gasteiger partial charge in [0, 0.05) is 47.7 Å². The molecular weight excluding hydrogens is 552 g/mol. The third kappa shape index (κ3) is 5.76. The topological polar surface area (TPSA) is 88.9 Å². The van der Waals surface area contributed by atoms with E-state index in [0.29, 0.717) is 51.6 Å². The van der Waals surface area contributed by atoms with Crippen molar-refractivity contribution in [3.63, 3.8) is 0 Å². The lowest BCUT2D eigenvalue weighted by molar-refractivity contribution is 0.0322. The molecule has 0 amide bonds. The summed E-state index contributed by atoms with van der Waals surface area (Å²) in [5, 5.41) is 16.3. The third-order valence-corrected chi connectivity index (χ3v) is 7.51. The summed E-state index contributed by atoms with van der Waals surface area (Å²) in [7, 11) is 1.64. The standard InChI is InChI=1S/C33H29ClN4O4/c1-39-30-12-10-25-26(33(30)41-18-15-38-13-16-40-17-14-38)8-9-27-31(22(20-35)21-36-32(25)27)37-23-7-11-29(28(34)19-23)42-24-5-3-2-4-6-24/h2-12,19,21H,13-18H2,1H3,(H,36,37). The van der Waals surface area contributed by atoms with E-state index < -0.39 is 0 Å². The van der Waals surface area contributed by atoms with E-state index in [2.05, 4.69) is 21.3 Å². The third-order valence-electron chi connectivity index (χ3n) is 7.22. The summed E-state index contributed by atoms with van der Waals surface area (Å²) in [5.41, 5.74) is 2.51. The lowest BCUT2D eigenvalue weighted by atomic mass is 10.0. The van der Waals surface area contributed by atoms with E-state index in [-0.39, 0.29) is 0 Å². The highest BCUT2D eigenvalue weighted by Crippen LogP contribution is 2.41. The van der Waals surface area contributed by atoms with Gasteiger partial charge in [-0.05, 0) is 54.6 Å². The molecule has 212 valence electrons. The number of nitriles is 1. The Kier molecular flexibility index (Phi) is 8.24. The van der Waals surface area contributed by atoms with Crippen molar-refractivity contribution >= 4 is 44.7 Å². The quantitative estimate of drug-likeness (QED) is 0.184. The predicted molar refractivity (Wildman–Crippen MR) is 165 cm³/mol. The van der Waals surface area contributed by atoms with Crippen LogP contribution in [0.4, 0.5) is 11.4 Å². The molecule has 42 heavy (non-hydrogen) atoms. The molecule has 0 saturated carbocycles. The minimum absolute atomic E-state index is 0.415. The first-order valence-corrected chi connectivity index (χ1v) is 14.1. The van der Waals surface area contributed by atoms with Crippen LogP contribution in [0.15, 0.2) is 79.0 Å². The Morgan fingerprint density at radius 2 is 1.74 bits per heavy atom. The Balaban J connectivity index is 1.32. The summed E-state index contributed by atoms with van der Waals surface area (Å²) in [4.78, 5) is 7.01. The first-order valence-electron chi connectivity index (χ1n) is 13.7. The molecule has 0 unspecified atom stereocenters. The number of halogens is 1. The number of morpholine rings is 1. The molecule has 1 aliphatic heterocycles. The number of pyridine rings is 1. The van der Waals surface area contributed by atoms with Gasteiger partial charge < -0.3 is 24.3 Å². The van der Waals surface area contributed by atoms with Crippen LogP contribution < -0.4 is 19.5 Å². The Labute approximate surface area is 249 Å². The van der Waals surface area contributed by atoms with Crippen LogP contribution in [0.2, 0.25) is 5.02 Å². The fourth-order valence-electron chi connectivity index (χ4n) is 5.07. The number of hydrogen-bond acceptors (Lipinski definition) is 8. The van der Waals surface area contributed by atoms with E-state index in [1.807, 2.05) is 60.7 Å². The molecule has 1 saturated heterocycles. The summed E-state index contributed by atoms with van der Waals surface area (Å²) < 4.78 is 23.3. The van der Waals surface area contributed by atoms with Crippen molar-refractivity contribution in [2.75, 3.05) is 51.9 Å². The van der Waals surface area contributed by atoms with Crippen LogP contribution in [-0.2, 0) is 4.74 Å². The fraction of sp³-hybridized carbons (Fsp3) is 0.212. The van der Waals surface area contributed by atoms with E-state index in [0.717, 1.165) is 54.5 Å². The highest BCUT2D eigenvalue weighted by molar-refractivity contribution is 6.32. The Morgan fingerprint density at radius 1 is 0.976 bits per heavy atom. The Hall–Kier alpha value is -4.55. The van der Waals surface area contributed by atoms with Crippen LogP contribution in [0.25, 0.3) is 21.7 Å². The van der Waals surface area contributed by atoms with Crippen molar-refractivity contribution in [3.05, 3.63) is 89.6 Å². The van der Waals surface area contributed by atoms with E-state index in [9.17, 15) is 5.26 Å². The van der Waals surface area contributed by atoms with Crippen LogP contribution in [0, 0.1) is 11.3 Å². The van der Waals surface area contributed by atoms with Crippen LogP contribution in [0.3, 0.4) is 0 Å². The predicted octanol–water partition coefficient (Wildman–Crippen LogP) is 7.17. The number of methoxy groups -OCH3 is 1. The van der Waals surface area contributed by atoms with E-state index in [1.54, 1.807) is 25.4 Å². The molecule has 0 atom stereocenters. The lowest BCUT2D eigenvalue weighted by Gasteiger charge is -2.26. The number of nitrogens with one attached hydrogen (secondary N) is 1. The van der Waals surface area contributed by atoms with Gasteiger partial charge in [0.15, 0.2) is 11.5 Å². The maximum atomic E-state index is 9.92. The number of hydrogen-bond donors (Lipinski definition) is 1. The van der Waals surface area contributed by atoms with Gasteiger partial charge in [-0.25, -0.2) is 0 Å². The number of nitrogens with zero attached hydrogens (tertiary/aromatic N) is 3. The molecular formula is C33H29ClN4O4. The smallest absolute Gasteiger partial charge is 0.169 e. The average molecular weight is 581 g/mol. The highest BCUT2D eigenvalue weighted by Gasteiger charge is 2.18. The van der Waals surface area contributed by atoms with Gasteiger partial charge in [-0.2, -0.15) is 5.26 Å². The van der Waals surface area contributed by atoms with E-state index in [1.165, 1.54) is 0 Å². The van der Waals surface area contributed by atoms with Gasteiger partial charge in [0.25, 0.3) is 0 Å². The highest BCUT2D eigenvalue weighted by atomic mass is 35.5. The number of fused-ring (bicyclic) bond motifs is 3. The normalized spacial score (nSPS) is 13.5.